The standard InChI is InChI=1S/C32H31N5O4/c1-40-31(38)29-17-16-28(41-29)24-8-12-26(13-9-24)37(32(39)35-20-22-5-3-2-4-6-22)27-14-10-25(11-15-27)36-30-18-7-23(19-33)21-34-30/h2-9,12-13,16-18,21,25,27H,10-11,14-15,20H2,1H3,(H,34,36)(H,35,39)/t25-,27+. The number of urea groups is 1. The van der Waals surface area contributed by atoms with Gasteiger partial charge in [-0.25, -0.2) is 14.6 Å². The number of pyridine rings is 1. The fraction of sp³-hybridized carbons (Fsp3) is 0.250. The molecule has 2 heterocycles. The minimum Gasteiger partial charge on any atom is -0.463 e. The van der Waals surface area contributed by atoms with Gasteiger partial charge in [0.05, 0.1) is 12.7 Å². The Hall–Kier alpha value is -5.10. The Morgan fingerprint density at radius 1 is 1.00 bits per heavy atom. The van der Waals surface area contributed by atoms with E-state index in [0.717, 1.165) is 48.3 Å². The van der Waals surface area contributed by atoms with Crippen LogP contribution in [0.3, 0.4) is 0 Å². The zero-order valence-electron chi connectivity index (χ0n) is 22.7. The molecule has 2 aromatic heterocycles. The molecule has 9 heteroatoms. The number of methoxy groups -OCH3 is 1. The number of benzene rings is 2. The number of nitriles is 1. The number of nitrogens with one attached hydrogen (secondary N) is 2. The zero-order valence-corrected chi connectivity index (χ0v) is 22.7. The van der Waals surface area contributed by atoms with Crippen molar-refractivity contribution in [2.45, 2.75) is 44.3 Å². The van der Waals surface area contributed by atoms with Gasteiger partial charge in [-0.15, -0.1) is 0 Å². The van der Waals surface area contributed by atoms with Gasteiger partial charge >= 0.3 is 12.0 Å². The SMILES string of the molecule is COC(=O)c1ccc(-c2ccc(N(C(=O)NCc3ccccc3)[C@H]3CC[C@@H](Nc4ccc(C#N)cn4)CC3)cc2)o1. The number of carbonyl (C=O) groups is 2. The summed E-state index contributed by atoms with van der Waals surface area (Å²) < 4.78 is 10.4. The first-order chi connectivity index (χ1) is 20.0. The number of rotatable bonds is 8. The van der Waals surface area contributed by atoms with E-state index in [-0.39, 0.29) is 23.9 Å². The van der Waals surface area contributed by atoms with Crippen molar-refractivity contribution >= 4 is 23.5 Å². The molecule has 2 N–H and O–H groups in total. The summed E-state index contributed by atoms with van der Waals surface area (Å²) in [5.41, 5.74) is 3.12. The molecule has 0 saturated heterocycles. The lowest BCUT2D eigenvalue weighted by atomic mass is 9.89. The van der Waals surface area contributed by atoms with Gasteiger partial charge in [0.1, 0.15) is 17.6 Å². The number of esters is 1. The van der Waals surface area contributed by atoms with Crippen molar-refractivity contribution in [3.63, 3.8) is 0 Å². The van der Waals surface area contributed by atoms with Crippen LogP contribution < -0.4 is 15.5 Å². The van der Waals surface area contributed by atoms with Crippen molar-refractivity contribution in [1.82, 2.24) is 10.3 Å². The summed E-state index contributed by atoms with van der Waals surface area (Å²) >= 11 is 0. The number of aromatic nitrogens is 1. The van der Waals surface area contributed by atoms with Crippen molar-refractivity contribution in [1.29, 1.82) is 5.26 Å². The van der Waals surface area contributed by atoms with E-state index in [0.29, 0.717) is 17.9 Å². The summed E-state index contributed by atoms with van der Waals surface area (Å²) in [6.45, 7) is 0.429. The number of amides is 2. The van der Waals surface area contributed by atoms with Gasteiger partial charge in [-0.05, 0) is 79.8 Å². The van der Waals surface area contributed by atoms with Crippen LogP contribution in [0.5, 0.6) is 0 Å². The Morgan fingerprint density at radius 2 is 1.76 bits per heavy atom. The zero-order chi connectivity index (χ0) is 28.6. The summed E-state index contributed by atoms with van der Waals surface area (Å²) in [7, 11) is 1.31. The van der Waals surface area contributed by atoms with Gasteiger partial charge in [-0.3, -0.25) is 4.90 Å². The molecule has 1 fully saturated rings. The maximum absolute atomic E-state index is 13.6. The first-order valence-electron chi connectivity index (χ1n) is 13.6. The van der Waals surface area contributed by atoms with Gasteiger partial charge in [0.2, 0.25) is 5.76 Å². The molecular weight excluding hydrogens is 518 g/mol. The van der Waals surface area contributed by atoms with E-state index in [4.69, 9.17) is 14.4 Å². The number of nitrogens with zero attached hydrogens (tertiary/aromatic N) is 3. The predicted molar refractivity (Wildman–Crippen MR) is 155 cm³/mol. The molecule has 1 aliphatic carbocycles. The minimum atomic E-state index is -0.533. The van der Waals surface area contributed by atoms with Gasteiger partial charge < -0.3 is 19.8 Å². The maximum Gasteiger partial charge on any atom is 0.373 e. The van der Waals surface area contributed by atoms with Crippen molar-refractivity contribution in [2.75, 3.05) is 17.3 Å². The second-order valence-electron chi connectivity index (χ2n) is 9.91. The minimum absolute atomic E-state index is 0.0122. The average molecular weight is 550 g/mol. The van der Waals surface area contributed by atoms with Crippen LogP contribution in [-0.2, 0) is 11.3 Å². The van der Waals surface area contributed by atoms with Gasteiger partial charge in [0, 0.05) is 36.1 Å². The molecule has 41 heavy (non-hydrogen) atoms. The van der Waals surface area contributed by atoms with Gasteiger partial charge in [0.25, 0.3) is 0 Å². The Balaban J connectivity index is 1.30. The molecule has 0 spiro atoms. The van der Waals surface area contributed by atoms with Crippen LogP contribution >= 0.6 is 0 Å². The summed E-state index contributed by atoms with van der Waals surface area (Å²) in [5.74, 6) is 0.887. The quantitative estimate of drug-likeness (QED) is 0.253. The number of ether oxygens (including phenoxy) is 1. The lowest BCUT2D eigenvalue weighted by Crippen LogP contribution is -2.48. The van der Waals surface area contributed by atoms with Gasteiger partial charge in [-0.1, -0.05) is 30.3 Å². The Labute approximate surface area is 238 Å². The maximum atomic E-state index is 13.6. The normalized spacial score (nSPS) is 16.3. The largest absolute Gasteiger partial charge is 0.463 e. The van der Waals surface area contributed by atoms with Crippen LogP contribution in [0.15, 0.2) is 89.5 Å². The molecule has 9 nitrogen and oxygen atoms in total. The number of hydrogen-bond acceptors (Lipinski definition) is 7. The molecular formula is C32H31N5O4. The molecule has 0 aliphatic heterocycles. The summed E-state index contributed by atoms with van der Waals surface area (Å²) in [5, 5.41) is 15.6. The lowest BCUT2D eigenvalue weighted by molar-refractivity contribution is 0.0566. The molecule has 0 unspecified atom stereocenters. The third-order valence-electron chi connectivity index (χ3n) is 7.23. The number of carbonyl (C=O) groups excluding carboxylic acids is 2. The van der Waals surface area contributed by atoms with Crippen molar-refractivity contribution in [2.24, 2.45) is 0 Å². The highest BCUT2D eigenvalue weighted by molar-refractivity contribution is 5.93. The molecule has 0 radical (unpaired) electrons. The topological polar surface area (TPSA) is 120 Å². The van der Waals surface area contributed by atoms with Gasteiger partial charge in [0.15, 0.2) is 0 Å². The Kier molecular flexibility index (Phi) is 8.60. The van der Waals surface area contributed by atoms with E-state index >= 15 is 0 Å². The summed E-state index contributed by atoms with van der Waals surface area (Å²) in [6, 6.07) is 26.5. The molecule has 1 saturated carbocycles. The monoisotopic (exact) mass is 549 g/mol. The fourth-order valence-electron chi connectivity index (χ4n) is 5.08. The Morgan fingerprint density at radius 3 is 2.41 bits per heavy atom. The van der Waals surface area contributed by atoms with Crippen LogP contribution in [0, 0.1) is 11.3 Å². The second-order valence-corrected chi connectivity index (χ2v) is 9.91. The second kappa shape index (κ2) is 12.8. The van der Waals surface area contributed by atoms with Crippen molar-refractivity contribution < 1.29 is 18.7 Å². The number of hydrogen-bond donors (Lipinski definition) is 2. The van der Waals surface area contributed by atoms with Crippen LogP contribution in [0.4, 0.5) is 16.3 Å². The molecule has 0 bridgehead atoms. The van der Waals surface area contributed by atoms with E-state index in [2.05, 4.69) is 21.7 Å². The number of furan rings is 1. The van der Waals surface area contributed by atoms with E-state index in [1.54, 1.807) is 24.4 Å². The van der Waals surface area contributed by atoms with Crippen LogP contribution in [-0.4, -0.2) is 36.2 Å². The first-order valence-corrected chi connectivity index (χ1v) is 13.6. The molecule has 1 aliphatic rings. The first kappa shape index (κ1) is 27.5. The lowest BCUT2D eigenvalue weighted by Gasteiger charge is -2.37. The van der Waals surface area contributed by atoms with E-state index < -0.39 is 5.97 Å². The highest BCUT2D eigenvalue weighted by Gasteiger charge is 2.30. The highest BCUT2D eigenvalue weighted by Crippen LogP contribution is 2.31. The third-order valence-corrected chi connectivity index (χ3v) is 7.23. The molecule has 5 rings (SSSR count). The smallest absolute Gasteiger partial charge is 0.373 e. The van der Waals surface area contributed by atoms with Crippen LogP contribution in [0.2, 0.25) is 0 Å². The van der Waals surface area contributed by atoms with E-state index in [1.165, 1.54) is 7.11 Å². The molecule has 2 aromatic carbocycles. The van der Waals surface area contributed by atoms with Crippen LogP contribution in [0.25, 0.3) is 11.3 Å². The predicted octanol–water partition coefficient (Wildman–Crippen LogP) is 6.14. The summed E-state index contributed by atoms with van der Waals surface area (Å²) in [6.07, 6.45) is 4.94. The Bertz CT molecular complexity index is 1500. The molecule has 4 aromatic rings. The van der Waals surface area contributed by atoms with Crippen molar-refractivity contribution in [3.8, 4) is 17.4 Å². The molecule has 2 amide bonds. The van der Waals surface area contributed by atoms with Crippen LogP contribution in [0.1, 0.15) is 47.4 Å². The third kappa shape index (κ3) is 6.73. The van der Waals surface area contributed by atoms with Gasteiger partial charge in [-0.2, -0.15) is 5.26 Å². The summed E-state index contributed by atoms with van der Waals surface area (Å²) in [4.78, 5) is 31.6. The molecule has 0 atom stereocenters. The fourth-order valence-corrected chi connectivity index (χ4v) is 5.08. The van der Waals surface area contributed by atoms with E-state index in [9.17, 15) is 9.59 Å². The highest BCUT2D eigenvalue weighted by atomic mass is 16.5. The molecule has 208 valence electrons. The average Bonchev–Trinajstić information content (AvgIpc) is 3.52. The number of anilines is 2. The van der Waals surface area contributed by atoms with Crippen molar-refractivity contribution in [3.05, 3.63) is 102 Å². The van der Waals surface area contributed by atoms with E-state index in [1.807, 2.05) is 65.6 Å².